The molecule has 6 heteroatoms. The number of carboxylic acids is 1. The van der Waals surface area contributed by atoms with Crippen molar-refractivity contribution in [2.75, 3.05) is 19.7 Å². The molecule has 0 aliphatic carbocycles. The van der Waals surface area contributed by atoms with Crippen LogP contribution in [-0.2, 0) is 16.1 Å². The summed E-state index contributed by atoms with van der Waals surface area (Å²) in [4.78, 5) is 14.2. The van der Waals surface area contributed by atoms with E-state index in [0.717, 1.165) is 32.5 Å². The van der Waals surface area contributed by atoms with Crippen LogP contribution in [0.15, 0.2) is 15.9 Å². The molecular weight excluding hydrogens is 330 g/mol. The van der Waals surface area contributed by atoms with E-state index in [4.69, 9.17) is 9.84 Å². The van der Waals surface area contributed by atoms with Gasteiger partial charge in [0.05, 0.1) is 22.9 Å². The van der Waals surface area contributed by atoms with E-state index in [-0.39, 0.29) is 12.5 Å². The number of hydrogen-bond donors (Lipinski definition) is 1. The highest BCUT2D eigenvalue weighted by Gasteiger charge is 2.20. The van der Waals surface area contributed by atoms with Crippen molar-refractivity contribution in [3.8, 4) is 0 Å². The average Bonchev–Trinajstić information content (AvgIpc) is 2.77. The molecule has 1 aromatic heterocycles. The molecule has 1 fully saturated rings. The van der Waals surface area contributed by atoms with Gasteiger partial charge in [-0.25, -0.2) is 0 Å². The predicted octanol–water partition coefficient (Wildman–Crippen LogP) is 2.97. The van der Waals surface area contributed by atoms with Crippen molar-refractivity contribution >= 4 is 33.2 Å². The van der Waals surface area contributed by atoms with Gasteiger partial charge in [-0.05, 0) is 40.9 Å². The molecule has 0 aromatic carbocycles. The third kappa shape index (κ3) is 5.22. The third-order valence-corrected chi connectivity index (χ3v) is 4.82. The van der Waals surface area contributed by atoms with E-state index >= 15 is 0 Å². The standard InChI is InChI=1S/C13H18BrNO3S/c14-12-2-1-11(19-12)9-15-6-3-10(4-7-15)18-8-5-13(16)17/h1-2,10H,3-9H2,(H,16,17). The summed E-state index contributed by atoms with van der Waals surface area (Å²) in [5, 5.41) is 8.56. The lowest BCUT2D eigenvalue weighted by molar-refractivity contribution is -0.138. The van der Waals surface area contributed by atoms with Crippen molar-refractivity contribution in [1.29, 1.82) is 0 Å². The maximum Gasteiger partial charge on any atom is 0.305 e. The highest BCUT2D eigenvalue weighted by Crippen LogP contribution is 2.24. The van der Waals surface area contributed by atoms with Crippen LogP contribution in [0.1, 0.15) is 24.1 Å². The number of thiophene rings is 1. The van der Waals surface area contributed by atoms with Crippen LogP contribution in [0.4, 0.5) is 0 Å². The minimum Gasteiger partial charge on any atom is -0.481 e. The van der Waals surface area contributed by atoms with E-state index in [9.17, 15) is 4.79 Å². The number of rotatable bonds is 6. The Morgan fingerprint density at radius 1 is 1.47 bits per heavy atom. The van der Waals surface area contributed by atoms with Crippen LogP contribution in [-0.4, -0.2) is 41.8 Å². The van der Waals surface area contributed by atoms with Gasteiger partial charge in [-0.3, -0.25) is 9.69 Å². The molecule has 0 amide bonds. The average molecular weight is 348 g/mol. The Kier molecular flexibility index (Phi) is 5.81. The summed E-state index contributed by atoms with van der Waals surface area (Å²) in [5.74, 6) is -0.791. The molecule has 1 saturated heterocycles. The maximum atomic E-state index is 10.4. The first kappa shape index (κ1) is 15.0. The third-order valence-electron chi connectivity index (χ3n) is 3.21. The number of aliphatic carboxylic acids is 1. The quantitative estimate of drug-likeness (QED) is 0.859. The SMILES string of the molecule is O=C(O)CCOC1CCN(Cc2ccc(Br)s2)CC1. The van der Waals surface area contributed by atoms with E-state index < -0.39 is 5.97 Å². The molecule has 2 rings (SSSR count). The molecule has 19 heavy (non-hydrogen) atoms. The van der Waals surface area contributed by atoms with Gasteiger partial charge in [0.1, 0.15) is 0 Å². The van der Waals surface area contributed by atoms with Crippen molar-refractivity contribution in [3.63, 3.8) is 0 Å². The van der Waals surface area contributed by atoms with Crippen molar-refractivity contribution in [2.24, 2.45) is 0 Å². The van der Waals surface area contributed by atoms with Crippen LogP contribution in [0.3, 0.4) is 0 Å². The van der Waals surface area contributed by atoms with E-state index in [1.165, 1.54) is 8.66 Å². The smallest absolute Gasteiger partial charge is 0.305 e. The summed E-state index contributed by atoms with van der Waals surface area (Å²) in [6, 6.07) is 4.24. The van der Waals surface area contributed by atoms with E-state index in [2.05, 4.69) is 33.0 Å². The molecule has 0 saturated carbocycles. The van der Waals surface area contributed by atoms with E-state index in [1.54, 1.807) is 11.3 Å². The summed E-state index contributed by atoms with van der Waals surface area (Å²) < 4.78 is 6.76. The van der Waals surface area contributed by atoms with Gasteiger partial charge in [0, 0.05) is 24.5 Å². The van der Waals surface area contributed by atoms with E-state index in [0.29, 0.717) is 6.61 Å². The van der Waals surface area contributed by atoms with Gasteiger partial charge in [0.15, 0.2) is 0 Å². The number of carboxylic acid groups (broad SMARTS) is 1. The molecule has 1 aliphatic heterocycles. The van der Waals surface area contributed by atoms with Crippen molar-refractivity contribution in [2.45, 2.75) is 31.9 Å². The number of piperidine rings is 1. The van der Waals surface area contributed by atoms with Crippen LogP contribution in [0, 0.1) is 0 Å². The van der Waals surface area contributed by atoms with Gasteiger partial charge in [0.2, 0.25) is 0 Å². The number of carbonyl (C=O) groups is 1. The second-order valence-electron chi connectivity index (χ2n) is 4.70. The molecule has 0 bridgehead atoms. The molecule has 0 unspecified atom stereocenters. The Morgan fingerprint density at radius 2 is 2.21 bits per heavy atom. The second-order valence-corrected chi connectivity index (χ2v) is 7.24. The first-order chi connectivity index (χ1) is 9.13. The van der Waals surface area contributed by atoms with Gasteiger partial charge in [-0.1, -0.05) is 0 Å². The van der Waals surface area contributed by atoms with Crippen molar-refractivity contribution in [3.05, 3.63) is 20.8 Å². The molecule has 0 radical (unpaired) electrons. The lowest BCUT2D eigenvalue weighted by atomic mass is 10.1. The van der Waals surface area contributed by atoms with Crippen LogP contribution in [0.5, 0.6) is 0 Å². The van der Waals surface area contributed by atoms with Gasteiger partial charge in [-0.15, -0.1) is 11.3 Å². The highest BCUT2D eigenvalue weighted by atomic mass is 79.9. The summed E-state index contributed by atoms with van der Waals surface area (Å²) >= 11 is 5.26. The molecule has 2 heterocycles. The van der Waals surface area contributed by atoms with Crippen LogP contribution >= 0.6 is 27.3 Å². The summed E-state index contributed by atoms with van der Waals surface area (Å²) in [6.45, 7) is 3.37. The number of ether oxygens (including phenoxy) is 1. The molecule has 1 aliphatic rings. The van der Waals surface area contributed by atoms with Crippen LogP contribution in [0.25, 0.3) is 0 Å². The fourth-order valence-corrected chi connectivity index (χ4v) is 3.73. The minimum atomic E-state index is -0.791. The number of likely N-dealkylation sites (tertiary alicyclic amines) is 1. The van der Waals surface area contributed by atoms with Gasteiger partial charge in [0.25, 0.3) is 0 Å². The normalized spacial score (nSPS) is 17.7. The number of nitrogens with zero attached hydrogens (tertiary/aromatic N) is 1. The Bertz CT molecular complexity index is 416. The van der Waals surface area contributed by atoms with Crippen LogP contribution < -0.4 is 0 Å². The zero-order valence-electron chi connectivity index (χ0n) is 10.7. The lowest BCUT2D eigenvalue weighted by Crippen LogP contribution is -2.36. The molecule has 4 nitrogen and oxygen atoms in total. The Hall–Kier alpha value is -0.430. The zero-order valence-corrected chi connectivity index (χ0v) is 13.1. The highest BCUT2D eigenvalue weighted by molar-refractivity contribution is 9.11. The van der Waals surface area contributed by atoms with Gasteiger partial charge in [-0.2, -0.15) is 0 Å². The molecule has 1 N–H and O–H groups in total. The maximum absolute atomic E-state index is 10.4. The first-order valence-electron chi connectivity index (χ1n) is 6.43. The minimum absolute atomic E-state index is 0.101. The fraction of sp³-hybridized carbons (Fsp3) is 0.615. The van der Waals surface area contributed by atoms with Crippen molar-refractivity contribution in [1.82, 2.24) is 4.90 Å². The monoisotopic (exact) mass is 347 g/mol. The predicted molar refractivity (Wildman–Crippen MR) is 78.5 cm³/mol. The Labute approximate surface area is 125 Å². The van der Waals surface area contributed by atoms with Crippen LogP contribution in [0.2, 0.25) is 0 Å². The molecule has 1 aromatic rings. The number of halogens is 1. The Balaban J connectivity index is 1.66. The zero-order chi connectivity index (χ0) is 13.7. The second kappa shape index (κ2) is 7.38. The number of hydrogen-bond acceptors (Lipinski definition) is 4. The fourth-order valence-electron chi connectivity index (χ4n) is 2.20. The summed E-state index contributed by atoms with van der Waals surface area (Å²) in [7, 11) is 0. The Morgan fingerprint density at radius 3 is 2.79 bits per heavy atom. The summed E-state index contributed by atoms with van der Waals surface area (Å²) in [5.41, 5.74) is 0. The molecule has 106 valence electrons. The topological polar surface area (TPSA) is 49.8 Å². The summed E-state index contributed by atoms with van der Waals surface area (Å²) in [6.07, 6.45) is 2.31. The molecular formula is C13H18BrNO3S. The van der Waals surface area contributed by atoms with Gasteiger partial charge >= 0.3 is 5.97 Å². The molecule has 0 spiro atoms. The lowest BCUT2D eigenvalue weighted by Gasteiger charge is -2.31. The molecule has 0 atom stereocenters. The largest absolute Gasteiger partial charge is 0.481 e. The first-order valence-corrected chi connectivity index (χ1v) is 8.04. The van der Waals surface area contributed by atoms with E-state index in [1.807, 2.05) is 0 Å². The van der Waals surface area contributed by atoms with Crippen molar-refractivity contribution < 1.29 is 14.6 Å². The van der Waals surface area contributed by atoms with Gasteiger partial charge < -0.3 is 9.84 Å².